The number of esters is 2. The number of Topliss-reactive ketones (excluding diaryl/α,β-unsaturated/α-hetero) is 1. The lowest BCUT2D eigenvalue weighted by Gasteiger charge is -2.19. The molecule has 1 aliphatic carbocycles. The van der Waals surface area contributed by atoms with Gasteiger partial charge in [0, 0.05) is 25.2 Å². The molecule has 0 aliphatic heterocycles. The zero-order chi connectivity index (χ0) is 39.2. The number of allylic oxidation sites excluding steroid dienone is 5. The van der Waals surface area contributed by atoms with E-state index in [0.717, 1.165) is 70.6 Å². The van der Waals surface area contributed by atoms with Crippen molar-refractivity contribution in [1.82, 2.24) is 0 Å². The Bertz CT molecular complexity index is 1120. The van der Waals surface area contributed by atoms with Crippen LogP contribution in [0, 0.1) is 11.8 Å². The summed E-state index contributed by atoms with van der Waals surface area (Å²) in [5, 5.41) is 20.7. The average molecular weight is 771 g/mol. The van der Waals surface area contributed by atoms with Crippen molar-refractivity contribution in [2.45, 2.75) is 180 Å². The number of phosphoric acid groups is 1. The third-order valence-electron chi connectivity index (χ3n) is 9.57. The monoisotopic (exact) mass is 770 g/mol. The average Bonchev–Trinajstić information content (AvgIpc) is 3.38. The highest BCUT2D eigenvalue weighted by atomic mass is 31.2. The van der Waals surface area contributed by atoms with Crippen molar-refractivity contribution in [3.05, 3.63) is 36.5 Å². The van der Waals surface area contributed by atoms with Crippen molar-refractivity contribution in [1.29, 1.82) is 0 Å². The highest BCUT2D eigenvalue weighted by Crippen LogP contribution is 2.36. The number of carbonyl (C=O) groups excluding carboxylic acids is 3. The standard InChI is InChI=1S/C41H71O11P/c1-3-5-7-8-9-10-11-12-13-14-15-16-17-18-23-27-40(45)50-32-35(33-51-53(47,48)49)52-41(46)28-24-20-19-22-26-36-37(39(44)31-38(36)43)30-29-34(42)25-21-6-4-2/h10-13,29-30,34-38,42-43H,3-9,14-28,31-33H2,1-2H3,(H2,47,48,49)/b11-10-,13-12-,30-29+/t34-,35+,36+,37+,38-/m0/s1. The molecule has 0 unspecified atom stereocenters. The summed E-state index contributed by atoms with van der Waals surface area (Å²) < 4.78 is 26.3. The smallest absolute Gasteiger partial charge is 0.462 e. The predicted octanol–water partition coefficient (Wildman–Crippen LogP) is 8.77. The molecule has 306 valence electrons. The summed E-state index contributed by atoms with van der Waals surface area (Å²) in [6, 6.07) is 0. The Kier molecular flexibility index (Phi) is 28.7. The third-order valence-corrected chi connectivity index (χ3v) is 10.1. The topological polar surface area (TPSA) is 177 Å². The molecule has 0 aromatic rings. The summed E-state index contributed by atoms with van der Waals surface area (Å²) in [5.41, 5.74) is 0. The van der Waals surface area contributed by atoms with Crippen LogP contribution in [0.15, 0.2) is 36.5 Å². The Balaban J connectivity index is 2.30. The van der Waals surface area contributed by atoms with Gasteiger partial charge in [0.25, 0.3) is 0 Å². The van der Waals surface area contributed by atoms with E-state index in [2.05, 4.69) is 42.7 Å². The molecule has 1 fully saturated rings. The molecule has 11 nitrogen and oxygen atoms in total. The van der Waals surface area contributed by atoms with Crippen LogP contribution in [-0.4, -0.2) is 69.2 Å². The number of aliphatic hydroxyl groups excluding tert-OH is 2. The van der Waals surface area contributed by atoms with Gasteiger partial charge in [-0.25, -0.2) is 4.57 Å². The number of aliphatic hydroxyl groups is 2. The number of carbonyl (C=O) groups is 3. The maximum atomic E-state index is 12.5. The van der Waals surface area contributed by atoms with E-state index in [-0.39, 0.29) is 37.6 Å². The third kappa shape index (κ3) is 27.1. The molecule has 12 heteroatoms. The molecule has 0 heterocycles. The molecule has 1 aliphatic rings. The van der Waals surface area contributed by atoms with E-state index in [1.54, 1.807) is 12.2 Å². The molecule has 1 saturated carbocycles. The molecule has 1 rings (SSSR count). The van der Waals surface area contributed by atoms with Crippen LogP contribution >= 0.6 is 7.82 Å². The summed E-state index contributed by atoms with van der Waals surface area (Å²) in [6.45, 7) is 3.34. The Morgan fingerprint density at radius 2 is 1.36 bits per heavy atom. The number of hydrogen-bond acceptors (Lipinski definition) is 9. The van der Waals surface area contributed by atoms with Crippen molar-refractivity contribution in [2.24, 2.45) is 11.8 Å². The minimum atomic E-state index is -4.82. The van der Waals surface area contributed by atoms with Crippen LogP contribution in [0.5, 0.6) is 0 Å². The lowest BCUT2D eigenvalue weighted by Crippen LogP contribution is -2.29. The van der Waals surface area contributed by atoms with E-state index in [1.807, 2.05) is 0 Å². The molecule has 0 radical (unpaired) electrons. The zero-order valence-electron chi connectivity index (χ0n) is 32.6. The van der Waals surface area contributed by atoms with Crippen molar-refractivity contribution < 1.29 is 52.9 Å². The van der Waals surface area contributed by atoms with Gasteiger partial charge in [0.2, 0.25) is 0 Å². The van der Waals surface area contributed by atoms with Gasteiger partial charge in [-0.2, -0.15) is 0 Å². The van der Waals surface area contributed by atoms with Gasteiger partial charge in [0.15, 0.2) is 6.10 Å². The molecule has 4 N–H and O–H groups in total. The van der Waals surface area contributed by atoms with Crippen LogP contribution in [0.2, 0.25) is 0 Å². The van der Waals surface area contributed by atoms with Crippen LogP contribution < -0.4 is 0 Å². The Hall–Kier alpha value is -2.14. The molecule has 0 bridgehead atoms. The molecule has 0 aromatic heterocycles. The lowest BCUT2D eigenvalue weighted by atomic mass is 9.88. The fourth-order valence-corrected chi connectivity index (χ4v) is 6.80. The first-order chi connectivity index (χ1) is 25.5. The Labute approximate surface area is 319 Å². The van der Waals surface area contributed by atoms with Crippen molar-refractivity contribution in [2.75, 3.05) is 13.2 Å². The Morgan fingerprint density at radius 3 is 2.00 bits per heavy atom. The second-order valence-electron chi connectivity index (χ2n) is 14.4. The molecule has 0 aromatic carbocycles. The van der Waals surface area contributed by atoms with Gasteiger partial charge in [-0.1, -0.05) is 127 Å². The number of rotatable bonds is 33. The SMILES string of the molecule is CCCCCC/C=C\C=C/CCCCCCCC(=O)OC[C@H](COP(=O)(O)O)OC(=O)CCCCCC[C@H]1[C@@H](O)CC(=O)[C@@H]1/C=C/[C@@H](O)CCCCC. The maximum absolute atomic E-state index is 12.5. The van der Waals surface area contributed by atoms with Crippen LogP contribution in [0.25, 0.3) is 0 Å². The van der Waals surface area contributed by atoms with Gasteiger partial charge in [-0.15, -0.1) is 0 Å². The molecule has 53 heavy (non-hydrogen) atoms. The predicted molar refractivity (Wildman–Crippen MR) is 208 cm³/mol. The van der Waals surface area contributed by atoms with Crippen molar-refractivity contribution in [3.8, 4) is 0 Å². The minimum absolute atomic E-state index is 0.00776. The van der Waals surface area contributed by atoms with Gasteiger partial charge < -0.3 is 29.5 Å². The van der Waals surface area contributed by atoms with E-state index in [4.69, 9.17) is 19.3 Å². The van der Waals surface area contributed by atoms with Gasteiger partial charge in [0.05, 0.1) is 18.8 Å². The van der Waals surface area contributed by atoms with E-state index >= 15 is 0 Å². The first kappa shape index (κ1) is 48.9. The highest BCUT2D eigenvalue weighted by Gasteiger charge is 2.39. The van der Waals surface area contributed by atoms with E-state index in [9.17, 15) is 29.2 Å². The number of hydrogen-bond donors (Lipinski definition) is 4. The van der Waals surface area contributed by atoms with E-state index in [0.29, 0.717) is 32.1 Å². The normalized spacial score (nSPS) is 19.1. The summed E-state index contributed by atoms with van der Waals surface area (Å²) in [6.07, 6.45) is 29.1. The summed E-state index contributed by atoms with van der Waals surface area (Å²) in [7, 11) is -4.82. The number of unbranched alkanes of at least 4 members (excludes halogenated alkanes) is 14. The zero-order valence-corrected chi connectivity index (χ0v) is 33.5. The first-order valence-corrected chi connectivity index (χ1v) is 21.9. The van der Waals surface area contributed by atoms with E-state index < -0.39 is 50.6 Å². The fraction of sp³-hybridized carbons (Fsp3) is 0.780. The number of ketones is 1. The van der Waals surface area contributed by atoms with Crippen LogP contribution in [0.3, 0.4) is 0 Å². The summed E-state index contributed by atoms with van der Waals surface area (Å²) >= 11 is 0. The fourth-order valence-electron chi connectivity index (χ4n) is 6.44. The summed E-state index contributed by atoms with van der Waals surface area (Å²) in [4.78, 5) is 55.5. The lowest BCUT2D eigenvalue weighted by molar-refractivity contribution is -0.161. The molecule has 0 saturated heterocycles. The van der Waals surface area contributed by atoms with Gasteiger partial charge >= 0.3 is 19.8 Å². The maximum Gasteiger partial charge on any atom is 0.469 e. The highest BCUT2D eigenvalue weighted by molar-refractivity contribution is 7.46. The molecule has 5 atom stereocenters. The van der Waals surface area contributed by atoms with Crippen LogP contribution in [-0.2, 0) is 32.9 Å². The van der Waals surface area contributed by atoms with Gasteiger partial charge in [0.1, 0.15) is 12.4 Å². The number of phosphoric ester groups is 1. The Morgan fingerprint density at radius 1 is 0.792 bits per heavy atom. The van der Waals surface area contributed by atoms with E-state index in [1.165, 1.54) is 25.7 Å². The van der Waals surface area contributed by atoms with Crippen LogP contribution in [0.4, 0.5) is 0 Å². The molecule has 0 spiro atoms. The second kappa shape index (κ2) is 31.1. The molecular weight excluding hydrogens is 699 g/mol. The van der Waals surface area contributed by atoms with Gasteiger partial charge in [-0.3, -0.25) is 18.9 Å². The van der Waals surface area contributed by atoms with Gasteiger partial charge in [-0.05, 0) is 57.3 Å². The quantitative estimate of drug-likeness (QED) is 0.0165. The minimum Gasteiger partial charge on any atom is -0.462 e. The van der Waals surface area contributed by atoms with Crippen molar-refractivity contribution >= 4 is 25.5 Å². The van der Waals surface area contributed by atoms with Crippen LogP contribution in [0.1, 0.15) is 162 Å². The molecular formula is C41H71O11P. The summed E-state index contributed by atoms with van der Waals surface area (Å²) in [5.74, 6) is -1.66. The number of ether oxygens (including phenoxy) is 2. The molecule has 0 amide bonds. The second-order valence-corrected chi connectivity index (χ2v) is 15.7. The largest absolute Gasteiger partial charge is 0.469 e. The first-order valence-electron chi connectivity index (χ1n) is 20.4. The van der Waals surface area contributed by atoms with Crippen molar-refractivity contribution in [3.63, 3.8) is 0 Å².